The number of carbonyl (C=O) groups excluding carboxylic acids is 1. The Morgan fingerprint density at radius 2 is 1.93 bits per heavy atom. The molecule has 4 aromatic rings. The molecule has 0 saturated heterocycles. The lowest BCUT2D eigenvalue weighted by atomic mass is 10.3. The summed E-state index contributed by atoms with van der Waals surface area (Å²) in [5.41, 5.74) is 0.894. The lowest BCUT2D eigenvalue weighted by Crippen LogP contribution is -2.25. The van der Waals surface area contributed by atoms with Crippen LogP contribution in [0.4, 0.5) is 5.13 Å². The van der Waals surface area contributed by atoms with Crippen molar-refractivity contribution in [2.24, 2.45) is 0 Å². The number of benzene rings is 1. The van der Waals surface area contributed by atoms with Crippen molar-refractivity contribution in [3.63, 3.8) is 0 Å². The number of thiazole rings is 1. The molecular weight excluding hydrogens is 458 g/mol. The average Bonchev–Trinajstić information content (AvgIpc) is 3.18. The normalized spacial score (nSPS) is 10.7. The Hall–Kier alpha value is -3.37. The highest BCUT2D eigenvalue weighted by atomic mass is 79.9. The van der Waals surface area contributed by atoms with Crippen LogP contribution in [0.3, 0.4) is 0 Å². The fourth-order valence-corrected chi connectivity index (χ4v) is 3.46. The van der Waals surface area contributed by atoms with Gasteiger partial charge in [0.1, 0.15) is 5.69 Å². The van der Waals surface area contributed by atoms with Crippen molar-refractivity contribution in [1.29, 1.82) is 0 Å². The highest BCUT2D eigenvalue weighted by Crippen LogP contribution is 2.24. The van der Waals surface area contributed by atoms with Crippen LogP contribution in [-0.2, 0) is 0 Å². The van der Waals surface area contributed by atoms with Crippen molar-refractivity contribution in [3.8, 4) is 22.8 Å². The SMILES string of the molecule is O=C(Nc1nc(-c2ccccn2)cs1)c1nn(-c2ccc(Br)cc2)c(=O)cc1O. The summed E-state index contributed by atoms with van der Waals surface area (Å²) in [6.45, 7) is 0. The Bertz CT molecular complexity index is 1240. The monoisotopic (exact) mass is 469 g/mol. The second-order valence-corrected chi connectivity index (χ2v) is 7.59. The Kier molecular flexibility index (Phi) is 5.19. The van der Waals surface area contributed by atoms with E-state index in [9.17, 15) is 14.7 Å². The van der Waals surface area contributed by atoms with Crippen molar-refractivity contribution in [2.45, 2.75) is 0 Å². The molecule has 1 aromatic carbocycles. The summed E-state index contributed by atoms with van der Waals surface area (Å²) >= 11 is 4.53. The molecule has 0 aliphatic carbocycles. The van der Waals surface area contributed by atoms with Gasteiger partial charge < -0.3 is 5.11 Å². The lowest BCUT2D eigenvalue weighted by Gasteiger charge is -2.08. The minimum atomic E-state index is -0.685. The molecule has 8 nitrogen and oxygen atoms in total. The fourth-order valence-electron chi connectivity index (χ4n) is 2.50. The van der Waals surface area contributed by atoms with Crippen LogP contribution in [-0.4, -0.2) is 30.8 Å². The summed E-state index contributed by atoms with van der Waals surface area (Å²) < 4.78 is 1.88. The number of nitrogens with zero attached hydrogens (tertiary/aromatic N) is 4. The third kappa shape index (κ3) is 4.08. The first-order chi connectivity index (χ1) is 14.0. The molecule has 0 radical (unpaired) electrons. The van der Waals surface area contributed by atoms with Crippen molar-refractivity contribution >= 4 is 38.3 Å². The summed E-state index contributed by atoms with van der Waals surface area (Å²) in [7, 11) is 0. The molecule has 0 unspecified atom stereocenters. The van der Waals surface area contributed by atoms with E-state index < -0.39 is 17.2 Å². The number of amides is 1. The van der Waals surface area contributed by atoms with Crippen LogP contribution in [0.2, 0.25) is 0 Å². The van der Waals surface area contributed by atoms with Crippen LogP contribution in [0.5, 0.6) is 5.75 Å². The van der Waals surface area contributed by atoms with Gasteiger partial charge in [0.15, 0.2) is 16.6 Å². The van der Waals surface area contributed by atoms with E-state index in [-0.39, 0.29) is 5.69 Å². The van der Waals surface area contributed by atoms with Gasteiger partial charge in [-0.05, 0) is 36.4 Å². The van der Waals surface area contributed by atoms with Gasteiger partial charge in [-0.2, -0.15) is 9.78 Å². The molecule has 3 heterocycles. The van der Waals surface area contributed by atoms with E-state index in [1.807, 2.05) is 12.1 Å². The third-order valence-electron chi connectivity index (χ3n) is 3.85. The van der Waals surface area contributed by atoms with Crippen LogP contribution >= 0.6 is 27.3 Å². The van der Waals surface area contributed by atoms with Gasteiger partial charge in [-0.15, -0.1) is 11.3 Å². The molecule has 0 fully saturated rings. The van der Waals surface area contributed by atoms with E-state index in [2.05, 4.69) is 36.3 Å². The first kappa shape index (κ1) is 19.0. The van der Waals surface area contributed by atoms with E-state index in [1.165, 1.54) is 11.3 Å². The maximum atomic E-state index is 12.6. The maximum Gasteiger partial charge on any atom is 0.281 e. The van der Waals surface area contributed by atoms with Crippen LogP contribution < -0.4 is 10.9 Å². The molecule has 29 heavy (non-hydrogen) atoms. The van der Waals surface area contributed by atoms with Gasteiger partial charge in [0.2, 0.25) is 0 Å². The number of aromatic hydroxyl groups is 1. The largest absolute Gasteiger partial charge is 0.505 e. The third-order valence-corrected chi connectivity index (χ3v) is 5.14. The Morgan fingerprint density at radius 1 is 1.14 bits per heavy atom. The Labute approximate surface area is 176 Å². The van der Waals surface area contributed by atoms with Crippen LogP contribution in [0, 0.1) is 0 Å². The molecular formula is C19H12BrN5O3S. The molecule has 10 heteroatoms. The van der Waals surface area contributed by atoms with Gasteiger partial charge in [0.05, 0.1) is 11.4 Å². The van der Waals surface area contributed by atoms with Crippen LogP contribution in [0.15, 0.2) is 69.4 Å². The topological polar surface area (TPSA) is 110 Å². The van der Waals surface area contributed by atoms with Gasteiger partial charge in [-0.1, -0.05) is 22.0 Å². The van der Waals surface area contributed by atoms with Gasteiger partial charge in [-0.3, -0.25) is 19.9 Å². The molecule has 0 aliphatic rings. The van der Waals surface area contributed by atoms with Gasteiger partial charge in [0.25, 0.3) is 11.5 Å². The highest BCUT2D eigenvalue weighted by Gasteiger charge is 2.18. The first-order valence-corrected chi connectivity index (χ1v) is 9.96. The van der Waals surface area contributed by atoms with Crippen LogP contribution in [0.25, 0.3) is 17.1 Å². The number of rotatable bonds is 4. The van der Waals surface area contributed by atoms with E-state index in [1.54, 1.807) is 41.9 Å². The number of halogens is 1. The first-order valence-electron chi connectivity index (χ1n) is 8.29. The molecule has 0 aliphatic heterocycles. The zero-order valence-corrected chi connectivity index (χ0v) is 17.0. The van der Waals surface area contributed by atoms with E-state index >= 15 is 0 Å². The summed E-state index contributed by atoms with van der Waals surface area (Å²) in [5, 5.41) is 18.8. The minimum Gasteiger partial charge on any atom is -0.505 e. The lowest BCUT2D eigenvalue weighted by molar-refractivity contribution is 0.101. The minimum absolute atomic E-state index is 0.290. The van der Waals surface area contributed by atoms with Crippen molar-refractivity contribution in [3.05, 3.63) is 80.6 Å². The smallest absolute Gasteiger partial charge is 0.281 e. The molecule has 0 atom stereocenters. The summed E-state index contributed by atoms with van der Waals surface area (Å²) in [6, 6.07) is 13.2. The number of nitrogens with one attached hydrogen (secondary N) is 1. The summed E-state index contributed by atoms with van der Waals surface area (Å²) in [4.78, 5) is 33.4. The molecule has 1 amide bonds. The maximum absolute atomic E-state index is 12.6. The van der Waals surface area contributed by atoms with E-state index in [4.69, 9.17) is 0 Å². The van der Waals surface area contributed by atoms with E-state index in [0.717, 1.165) is 15.2 Å². The highest BCUT2D eigenvalue weighted by molar-refractivity contribution is 9.10. The molecule has 3 aromatic heterocycles. The van der Waals surface area contributed by atoms with Gasteiger partial charge in [0, 0.05) is 22.1 Å². The summed E-state index contributed by atoms with van der Waals surface area (Å²) in [6.07, 6.45) is 1.65. The molecule has 4 rings (SSSR count). The summed E-state index contributed by atoms with van der Waals surface area (Å²) in [5.74, 6) is -1.20. The average molecular weight is 470 g/mol. The second-order valence-electron chi connectivity index (χ2n) is 5.81. The predicted molar refractivity (Wildman–Crippen MR) is 112 cm³/mol. The molecule has 0 bridgehead atoms. The predicted octanol–water partition coefficient (Wildman–Crippen LogP) is 3.47. The quantitative estimate of drug-likeness (QED) is 0.473. The van der Waals surface area contributed by atoms with Crippen molar-refractivity contribution in [2.75, 3.05) is 5.32 Å². The number of aromatic nitrogens is 4. The number of pyridine rings is 1. The van der Waals surface area contributed by atoms with Gasteiger partial charge in [-0.25, -0.2) is 4.98 Å². The van der Waals surface area contributed by atoms with Crippen LogP contribution in [0.1, 0.15) is 10.5 Å². The number of hydrogen-bond acceptors (Lipinski definition) is 7. The zero-order valence-electron chi connectivity index (χ0n) is 14.6. The van der Waals surface area contributed by atoms with Crippen molar-refractivity contribution in [1.82, 2.24) is 19.7 Å². The molecule has 0 spiro atoms. The molecule has 2 N–H and O–H groups in total. The van der Waals surface area contributed by atoms with Gasteiger partial charge >= 0.3 is 0 Å². The number of anilines is 1. The molecule has 0 saturated carbocycles. The molecule has 144 valence electrons. The Balaban J connectivity index is 1.62. The second kappa shape index (κ2) is 7.94. The number of hydrogen-bond donors (Lipinski definition) is 2. The Morgan fingerprint density at radius 3 is 2.66 bits per heavy atom. The standard InChI is InChI=1S/C19H12BrN5O3S/c20-11-4-6-12(7-5-11)25-16(27)9-15(26)17(24-25)18(28)23-19-22-14(10-29-19)13-3-1-2-8-21-13/h1-10,26H,(H,22,23,28). The zero-order chi connectivity index (χ0) is 20.4. The van der Waals surface area contributed by atoms with E-state index in [0.29, 0.717) is 22.2 Å². The number of carbonyl (C=O) groups is 1. The van der Waals surface area contributed by atoms with Crippen molar-refractivity contribution < 1.29 is 9.90 Å². The fraction of sp³-hybridized carbons (Fsp3) is 0.